The fraction of sp³-hybridized carbons (Fsp3) is 0.318. The summed E-state index contributed by atoms with van der Waals surface area (Å²) in [4.78, 5) is 12.3. The lowest BCUT2D eigenvalue weighted by Crippen LogP contribution is -2.31. The standard InChI is InChI=1S/C22H22ClNO/c1-13-3-5-16(6-4-13)21-19-12-24-22(25)18(19)11-14(2)20(21)15-7-9-17(23)10-8-15/h3-11,18-21H,12H2,1-2H3,(H,24,25)/t18-,19-,20+,21-/m1/s1. The summed E-state index contributed by atoms with van der Waals surface area (Å²) in [6, 6.07) is 16.9. The minimum atomic E-state index is -0.0187. The lowest BCUT2D eigenvalue weighted by molar-refractivity contribution is -0.121. The highest BCUT2D eigenvalue weighted by atomic mass is 35.5. The fourth-order valence-corrected chi connectivity index (χ4v) is 4.62. The van der Waals surface area contributed by atoms with Crippen LogP contribution >= 0.6 is 11.6 Å². The molecule has 128 valence electrons. The third-order valence-electron chi connectivity index (χ3n) is 5.72. The Morgan fingerprint density at radius 1 is 0.960 bits per heavy atom. The zero-order chi connectivity index (χ0) is 17.6. The third kappa shape index (κ3) is 2.89. The van der Waals surface area contributed by atoms with Gasteiger partial charge in [-0.1, -0.05) is 65.2 Å². The number of hydrogen-bond donors (Lipinski definition) is 1. The van der Waals surface area contributed by atoms with Gasteiger partial charge < -0.3 is 5.32 Å². The van der Waals surface area contributed by atoms with Crippen LogP contribution in [0.15, 0.2) is 60.2 Å². The number of rotatable bonds is 2. The molecule has 3 heteroatoms. The molecule has 1 fully saturated rings. The second kappa shape index (κ2) is 6.34. The van der Waals surface area contributed by atoms with E-state index in [1.165, 1.54) is 22.3 Å². The second-order valence-electron chi connectivity index (χ2n) is 7.31. The largest absolute Gasteiger partial charge is 0.355 e. The minimum Gasteiger partial charge on any atom is -0.355 e. The summed E-state index contributed by atoms with van der Waals surface area (Å²) in [5.74, 6) is 0.995. The number of benzene rings is 2. The van der Waals surface area contributed by atoms with E-state index in [0.29, 0.717) is 5.92 Å². The Morgan fingerprint density at radius 3 is 2.28 bits per heavy atom. The van der Waals surface area contributed by atoms with Crippen molar-refractivity contribution in [2.24, 2.45) is 11.8 Å². The van der Waals surface area contributed by atoms with Crippen LogP contribution in [0, 0.1) is 18.8 Å². The van der Waals surface area contributed by atoms with Crippen molar-refractivity contribution in [3.8, 4) is 0 Å². The third-order valence-corrected chi connectivity index (χ3v) is 5.97. The van der Waals surface area contributed by atoms with Crippen molar-refractivity contribution in [3.05, 3.63) is 81.9 Å². The summed E-state index contributed by atoms with van der Waals surface area (Å²) in [7, 11) is 0. The van der Waals surface area contributed by atoms with Crippen LogP contribution in [0.1, 0.15) is 35.4 Å². The minimum absolute atomic E-state index is 0.0187. The van der Waals surface area contributed by atoms with Crippen LogP contribution in [0.5, 0.6) is 0 Å². The Labute approximate surface area is 153 Å². The van der Waals surface area contributed by atoms with Crippen LogP contribution in [-0.2, 0) is 4.79 Å². The van der Waals surface area contributed by atoms with E-state index < -0.39 is 0 Å². The number of allylic oxidation sites excluding steroid dienone is 1. The number of amides is 1. The number of halogens is 1. The van der Waals surface area contributed by atoms with E-state index in [-0.39, 0.29) is 23.7 Å². The van der Waals surface area contributed by atoms with Crippen molar-refractivity contribution >= 4 is 17.5 Å². The van der Waals surface area contributed by atoms with E-state index in [1.807, 2.05) is 12.1 Å². The van der Waals surface area contributed by atoms with Crippen molar-refractivity contribution in [2.75, 3.05) is 6.54 Å². The lowest BCUT2D eigenvalue weighted by atomic mass is 9.64. The van der Waals surface area contributed by atoms with Gasteiger partial charge in [0.25, 0.3) is 0 Å². The molecule has 25 heavy (non-hydrogen) atoms. The van der Waals surface area contributed by atoms with Crippen molar-refractivity contribution in [1.29, 1.82) is 0 Å². The highest BCUT2D eigenvalue weighted by molar-refractivity contribution is 6.30. The highest BCUT2D eigenvalue weighted by Gasteiger charge is 2.46. The fourth-order valence-electron chi connectivity index (χ4n) is 4.49. The van der Waals surface area contributed by atoms with Gasteiger partial charge in [-0.05, 0) is 43.0 Å². The second-order valence-corrected chi connectivity index (χ2v) is 7.75. The first-order valence-electron chi connectivity index (χ1n) is 8.82. The molecule has 1 N–H and O–H groups in total. The summed E-state index contributed by atoms with van der Waals surface area (Å²) in [6.07, 6.45) is 2.18. The predicted molar refractivity (Wildman–Crippen MR) is 102 cm³/mol. The molecule has 2 aliphatic rings. The Bertz CT molecular complexity index is 822. The smallest absolute Gasteiger partial charge is 0.227 e. The zero-order valence-electron chi connectivity index (χ0n) is 14.5. The van der Waals surface area contributed by atoms with Gasteiger partial charge >= 0.3 is 0 Å². The summed E-state index contributed by atoms with van der Waals surface area (Å²) < 4.78 is 0. The Morgan fingerprint density at radius 2 is 1.60 bits per heavy atom. The predicted octanol–water partition coefficient (Wildman–Crippen LogP) is 4.84. The first kappa shape index (κ1) is 16.4. The van der Waals surface area contributed by atoms with E-state index in [2.05, 4.69) is 61.6 Å². The molecule has 0 bridgehead atoms. The van der Waals surface area contributed by atoms with Gasteiger partial charge in [0.05, 0.1) is 5.92 Å². The van der Waals surface area contributed by atoms with Crippen LogP contribution in [0.3, 0.4) is 0 Å². The molecular weight excluding hydrogens is 330 g/mol. The number of aryl methyl sites for hydroxylation is 1. The van der Waals surface area contributed by atoms with Gasteiger partial charge in [-0.25, -0.2) is 0 Å². The maximum absolute atomic E-state index is 12.3. The van der Waals surface area contributed by atoms with Gasteiger partial charge in [-0.2, -0.15) is 0 Å². The zero-order valence-corrected chi connectivity index (χ0v) is 15.3. The molecule has 0 spiro atoms. The van der Waals surface area contributed by atoms with Gasteiger partial charge in [-0.15, -0.1) is 0 Å². The molecule has 4 atom stereocenters. The molecule has 1 saturated heterocycles. The van der Waals surface area contributed by atoms with Gasteiger partial charge in [0.1, 0.15) is 0 Å². The molecule has 0 saturated carbocycles. The molecule has 4 rings (SSSR count). The molecule has 2 aromatic carbocycles. The van der Waals surface area contributed by atoms with Crippen LogP contribution in [0.2, 0.25) is 5.02 Å². The molecule has 0 aromatic heterocycles. The van der Waals surface area contributed by atoms with E-state index in [4.69, 9.17) is 11.6 Å². The van der Waals surface area contributed by atoms with Crippen molar-refractivity contribution in [3.63, 3.8) is 0 Å². The average molecular weight is 352 g/mol. The Hall–Kier alpha value is -2.06. The quantitative estimate of drug-likeness (QED) is 0.771. The van der Waals surface area contributed by atoms with Crippen LogP contribution in [0.4, 0.5) is 0 Å². The summed E-state index contributed by atoms with van der Waals surface area (Å²) >= 11 is 6.10. The summed E-state index contributed by atoms with van der Waals surface area (Å²) in [6.45, 7) is 5.01. The van der Waals surface area contributed by atoms with Crippen LogP contribution < -0.4 is 5.32 Å². The topological polar surface area (TPSA) is 29.1 Å². The number of nitrogens with one attached hydrogen (secondary N) is 1. The Kier molecular flexibility index (Phi) is 4.16. The lowest BCUT2D eigenvalue weighted by Gasteiger charge is -2.39. The Balaban J connectivity index is 1.84. The van der Waals surface area contributed by atoms with Gasteiger partial charge in [0.2, 0.25) is 5.91 Å². The number of fused-ring (bicyclic) bond motifs is 1. The molecule has 2 nitrogen and oxygen atoms in total. The molecule has 1 aliphatic heterocycles. The number of carbonyl (C=O) groups excluding carboxylic acids is 1. The number of hydrogen-bond acceptors (Lipinski definition) is 1. The van der Waals surface area contributed by atoms with Gasteiger partial charge in [-0.3, -0.25) is 4.79 Å². The molecule has 1 amide bonds. The van der Waals surface area contributed by atoms with Gasteiger partial charge in [0, 0.05) is 23.4 Å². The van der Waals surface area contributed by atoms with E-state index >= 15 is 0 Å². The van der Waals surface area contributed by atoms with E-state index in [0.717, 1.165) is 11.6 Å². The first-order chi connectivity index (χ1) is 12.0. The molecule has 2 aromatic rings. The normalized spacial score (nSPS) is 28.3. The maximum Gasteiger partial charge on any atom is 0.227 e. The van der Waals surface area contributed by atoms with Crippen molar-refractivity contribution in [1.82, 2.24) is 5.32 Å². The van der Waals surface area contributed by atoms with Crippen LogP contribution in [0.25, 0.3) is 0 Å². The van der Waals surface area contributed by atoms with Crippen molar-refractivity contribution < 1.29 is 4.79 Å². The maximum atomic E-state index is 12.3. The molecule has 1 aliphatic carbocycles. The molecule has 0 unspecified atom stereocenters. The van der Waals surface area contributed by atoms with Crippen molar-refractivity contribution in [2.45, 2.75) is 25.7 Å². The van der Waals surface area contributed by atoms with E-state index in [1.54, 1.807) is 0 Å². The van der Waals surface area contributed by atoms with Crippen LogP contribution in [-0.4, -0.2) is 12.5 Å². The summed E-state index contributed by atoms with van der Waals surface area (Å²) in [5.41, 5.74) is 5.10. The summed E-state index contributed by atoms with van der Waals surface area (Å²) in [5, 5.41) is 3.82. The molecular formula is C22H22ClNO. The monoisotopic (exact) mass is 351 g/mol. The average Bonchev–Trinajstić information content (AvgIpc) is 2.96. The molecule has 1 heterocycles. The number of carbonyl (C=O) groups is 1. The van der Waals surface area contributed by atoms with E-state index in [9.17, 15) is 4.79 Å². The first-order valence-corrected chi connectivity index (χ1v) is 9.20. The SMILES string of the molecule is CC1=C[C@H]2C(=O)NC[C@H]2[C@@H](c2ccc(C)cc2)[C@@H]1c1ccc(Cl)cc1. The highest BCUT2D eigenvalue weighted by Crippen LogP contribution is 2.51. The molecule has 0 radical (unpaired) electrons. The van der Waals surface area contributed by atoms with Gasteiger partial charge in [0.15, 0.2) is 0 Å².